The van der Waals surface area contributed by atoms with Crippen LogP contribution in [0.5, 0.6) is 5.75 Å². The Morgan fingerprint density at radius 3 is 1.94 bits per heavy atom. The molecule has 3 fully saturated rings. The number of hydrogen-bond donors (Lipinski definition) is 1. The highest BCUT2D eigenvalue weighted by atomic mass is 35.5. The van der Waals surface area contributed by atoms with Crippen molar-refractivity contribution in [1.82, 2.24) is 0 Å². The van der Waals surface area contributed by atoms with Gasteiger partial charge in [-0.05, 0) is 92.6 Å². The molecule has 272 valence electrons. The summed E-state index contributed by atoms with van der Waals surface area (Å²) in [6.45, 7) is 4.85. The molecule has 4 aliphatic rings. The first-order chi connectivity index (χ1) is 24.2. The number of fused-ring (bicyclic) bond motifs is 4. The number of benzene rings is 3. The number of anilines is 2. The molecule has 7 rings (SSSR count). The van der Waals surface area contributed by atoms with E-state index in [1.165, 1.54) is 6.07 Å². The summed E-state index contributed by atoms with van der Waals surface area (Å²) in [5.74, 6) is -9.68. The highest BCUT2D eigenvalue weighted by Gasteiger charge is 2.67. The number of hydrogen-bond acceptors (Lipinski definition) is 5. The van der Waals surface area contributed by atoms with E-state index in [0.717, 1.165) is 17.0 Å². The fourth-order valence-electron chi connectivity index (χ4n) is 8.74. The average Bonchev–Trinajstić information content (AvgIpc) is 3.43. The van der Waals surface area contributed by atoms with E-state index in [1.54, 1.807) is 39.0 Å². The Kier molecular flexibility index (Phi) is 7.99. The first-order valence-corrected chi connectivity index (χ1v) is 16.5. The van der Waals surface area contributed by atoms with Crippen molar-refractivity contribution in [2.24, 2.45) is 29.1 Å². The first-order valence-electron chi connectivity index (χ1n) is 16.2. The van der Waals surface area contributed by atoms with Crippen LogP contribution in [0.1, 0.15) is 53.5 Å². The number of phenols is 1. The lowest BCUT2D eigenvalue weighted by Gasteiger charge is -2.49. The summed E-state index contributed by atoms with van der Waals surface area (Å²) in [7, 11) is 0. The van der Waals surface area contributed by atoms with Gasteiger partial charge in [0.05, 0.1) is 50.7 Å². The maximum Gasteiger partial charge on any atom is 0.416 e. The molecule has 1 saturated carbocycles. The molecule has 0 spiro atoms. The smallest absolute Gasteiger partial charge is 0.416 e. The Hall–Kier alpha value is -4.72. The third-order valence-corrected chi connectivity index (χ3v) is 11.4. The predicted octanol–water partition coefficient (Wildman–Crippen LogP) is 8.27. The predicted molar refractivity (Wildman–Crippen MR) is 173 cm³/mol. The summed E-state index contributed by atoms with van der Waals surface area (Å²) in [5, 5.41) is 10.2. The summed E-state index contributed by atoms with van der Waals surface area (Å²) < 4.78 is 96.8. The van der Waals surface area contributed by atoms with Gasteiger partial charge in [0.1, 0.15) is 11.6 Å². The molecule has 0 aromatic heterocycles. The van der Waals surface area contributed by atoms with Gasteiger partial charge in [0.2, 0.25) is 23.6 Å². The van der Waals surface area contributed by atoms with Gasteiger partial charge in [-0.25, -0.2) is 14.2 Å². The lowest BCUT2D eigenvalue weighted by Crippen LogP contribution is -2.49. The minimum Gasteiger partial charge on any atom is -0.507 e. The Morgan fingerprint density at radius 2 is 1.38 bits per heavy atom. The molecule has 0 bridgehead atoms. The number of phenolic OH excluding ortho intramolecular Hbond substituents is 1. The van der Waals surface area contributed by atoms with Crippen molar-refractivity contribution >= 4 is 46.6 Å². The maximum atomic E-state index is 14.5. The van der Waals surface area contributed by atoms with Crippen molar-refractivity contribution in [3.05, 3.63) is 98.8 Å². The van der Waals surface area contributed by atoms with Gasteiger partial charge < -0.3 is 5.11 Å². The summed E-state index contributed by atoms with van der Waals surface area (Å²) >= 11 is 6.02. The van der Waals surface area contributed by atoms with Crippen LogP contribution in [0.15, 0.2) is 60.2 Å². The number of amides is 4. The van der Waals surface area contributed by atoms with E-state index in [2.05, 4.69) is 0 Å². The molecule has 2 heterocycles. The van der Waals surface area contributed by atoms with Crippen molar-refractivity contribution in [1.29, 1.82) is 0 Å². The van der Waals surface area contributed by atoms with Gasteiger partial charge in [-0.15, -0.1) is 0 Å². The van der Waals surface area contributed by atoms with Crippen LogP contribution in [0.2, 0.25) is 5.02 Å². The van der Waals surface area contributed by atoms with Crippen LogP contribution in [0.3, 0.4) is 0 Å². The van der Waals surface area contributed by atoms with E-state index in [0.29, 0.717) is 39.3 Å². The average molecular weight is 749 g/mol. The van der Waals surface area contributed by atoms with Crippen molar-refractivity contribution in [3.63, 3.8) is 0 Å². The number of allylic oxidation sites excluding steroid dienone is 2. The van der Waals surface area contributed by atoms with E-state index < -0.39 is 93.6 Å². The third kappa shape index (κ3) is 5.15. The van der Waals surface area contributed by atoms with Crippen molar-refractivity contribution < 1.29 is 55.0 Å². The zero-order chi connectivity index (χ0) is 38.0. The Morgan fingerprint density at radius 1 is 0.788 bits per heavy atom. The molecule has 7 nitrogen and oxygen atoms in total. The van der Waals surface area contributed by atoms with Gasteiger partial charge in [-0.1, -0.05) is 35.4 Å². The number of aromatic hydroxyl groups is 1. The second-order valence-electron chi connectivity index (χ2n) is 14.0. The van der Waals surface area contributed by atoms with Gasteiger partial charge in [0.25, 0.3) is 0 Å². The SMILES string of the molecule is Cc1cc([C@H]2C3=CC[C@@H]4C(=O)N(c5cc(C(F)(F)F)cc(C(F)(F)F)c5)C(=O)[C@@H]4[C@@H]3C[C@H]3C(=O)N(c4ccc(F)c(Cl)c4)C(=O)[C@@]23C)cc(C)c1O. The molecule has 1 N–H and O–H groups in total. The number of carbonyl (C=O) groups excluding carboxylic acids is 4. The van der Waals surface area contributed by atoms with Crippen LogP contribution in [0.25, 0.3) is 0 Å². The lowest BCUT2D eigenvalue weighted by molar-refractivity contribution is -0.143. The normalized spacial score (nSPS) is 27.5. The number of carbonyl (C=O) groups is 4. The quantitative estimate of drug-likeness (QED) is 0.165. The fourth-order valence-corrected chi connectivity index (χ4v) is 8.92. The largest absolute Gasteiger partial charge is 0.507 e. The first kappa shape index (κ1) is 35.7. The van der Waals surface area contributed by atoms with E-state index >= 15 is 0 Å². The minimum atomic E-state index is -5.24. The van der Waals surface area contributed by atoms with E-state index in [-0.39, 0.29) is 35.4 Å². The van der Waals surface area contributed by atoms with E-state index in [9.17, 15) is 55.0 Å². The molecule has 0 radical (unpaired) electrons. The molecular formula is C37H28ClF7N2O5. The molecule has 0 unspecified atom stereocenters. The second kappa shape index (κ2) is 11.6. The van der Waals surface area contributed by atoms with Crippen molar-refractivity contribution in [3.8, 4) is 5.75 Å². The van der Waals surface area contributed by atoms with Crippen LogP contribution >= 0.6 is 11.6 Å². The monoisotopic (exact) mass is 748 g/mol. The molecule has 15 heteroatoms. The Bertz CT molecular complexity index is 2090. The molecule has 52 heavy (non-hydrogen) atoms. The number of imide groups is 2. The van der Waals surface area contributed by atoms with Crippen LogP contribution in [-0.4, -0.2) is 28.7 Å². The van der Waals surface area contributed by atoms with Crippen LogP contribution in [-0.2, 0) is 31.5 Å². The molecule has 3 aromatic carbocycles. The van der Waals surface area contributed by atoms with Gasteiger partial charge in [0, 0.05) is 5.92 Å². The summed E-state index contributed by atoms with van der Waals surface area (Å²) in [6, 6.07) is 7.15. The van der Waals surface area contributed by atoms with Crippen LogP contribution in [0, 0.1) is 48.8 Å². The third-order valence-electron chi connectivity index (χ3n) is 11.1. The van der Waals surface area contributed by atoms with Crippen LogP contribution < -0.4 is 9.80 Å². The minimum absolute atomic E-state index is 0.00742. The maximum absolute atomic E-state index is 14.5. The topological polar surface area (TPSA) is 95.0 Å². The van der Waals surface area contributed by atoms with Gasteiger partial charge in [0.15, 0.2) is 0 Å². The van der Waals surface area contributed by atoms with E-state index in [4.69, 9.17) is 11.6 Å². The molecule has 2 saturated heterocycles. The number of halogens is 8. The lowest BCUT2D eigenvalue weighted by atomic mass is 9.51. The summed E-state index contributed by atoms with van der Waals surface area (Å²) in [4.78, 5) is 58.2. The number of nitrogens with zero attached hydrogens (tertiary/aromatic N) is 2. The Labute approximate surface area is 296 Å². The summed E-state index contributed by atoms with van der Waals surface area (Å²) in [5.41, 5.74) is -3.96. The molecule has 2 aliphatic heterocycles. The van der Waals surface area contributed by atoms with Gasteiger partial charge in [-0.3, -0.25) is 19.2 Å². The van der Waals surface area contributed by atoms with Gasteiger partial charge >= 0.3 is 12.4 Å². The second-order valence-corrected chi connectivity index (χ2v) is 14.4. The zero-order valence-corrected chi connectivity index (χ0v) is 28.3. The van der Waals surface area contributed by atoms with Crippen LogP contribution in [0.4, 0.5) is 42.1 Å². The van der Waals surface area contributed by atoms with Gasteiger partial charge in [-0.2, -0.15) is 26.3 Å². The number of alkyl halides is 6. The Balaban J connectivity index is 1.37. The summed E-state index contributed by atoms with van der Waals surface area (Å²) in [6.07, 6.45) is -9.11. The van der Waals surface area contributed by atoms with E-state index in [1.807, 2.05) is 0 Å². The fraction of sp³-hybridized carbons (Fsp3) is 0.351. The highest BCUT2D eigenvalue weighted by Crippen LogP contribution is 2.64. The standard InChI is InChI=1S/C37H28ClF7N2O5/c1-15-8-17(9-16(2)30(15)48)29-22-5-6-23-28(33(51)46(31(23)49)21-11-18(36(40,41)42)10-19(12-21)37(43,44)45)24(22)14-25-32(50)47(34(52)35(25,29)3)20-4-7-27(39)26(38)13-20/h4-5,7-13,23-25,28-29,48H,6,14H2,1-3H3/t23-,24+,25-,28-,29-,35+/m0/s1. The van der Waals surface area contributed by atoms with Crippen molar-refractivity contribution in [2.45, 2.75) is 51.9 Å². The molecule has 6 atom stereocenters. The molecular weight excluding hydrogens is 721 g/mol. The molecule has 2 aliphatic carbocycles. The molecule has 3 aromatic rings. The van der Waals surface area contributed by atoms with Crippen molar-refractivity contribution in [2.75, 3.05) is 9.80 Å². The molecule has 4 amide bonds. The zero-order valence-electron chi connectivity index (χ0n) is 27.5. The highest BCUT2D eigenvalue weighted by molar-refractivity contribution is 6.32. The number of aryl methyl sites for hydroxylation is 2. The number of rotatable bonds is 3.